The molecule has 0 radical (unpaired) electrons. The van der Waals surface area contributed by atoms with Crippen LogP contribution in [0.25, 0.3) is 0 Å². The number of piperidine rings is 1. The van der Waals surface area contributed by atoms with Crippen molar-refractivity contribution >= 4 is 11.6 Å². The highest BCUT2D eigenvalue weighted by molar-refractivity contribution is 6.30. The molecular formula is C13H13ClF3N. The summed E-state index contributed by atoms with van der Waals surface area (Å²) in [5.41, 5.74) is 0.0240. The molecular weight excluding hydrogens is 263 g/mol. The lowest BCUT2D eigenvalue weighted by molar-refractivity contribution is -0.137. The summed E-state index contributed by atoms with van der Waals surface area (Å²) in [6.45, 7) is 1.79. The molecule has 1 aliphatic heterocycles. The van der Waals surface area contributed by atoms with E-state index in [1.54, 1.807) is 6.07 Å². The van der Waals surface area contributed by atoms with E-state index in [0.717, 1.165) is 31.1 Å². The fourth-order valence-electron chi connectivity index (χ4n) is 3.22. The molecule has 0 N–H and O–H groups in total. The molecule has 1 heterocycles. The number of benzene rings is 1. The third-order valence-corrected chi connectivity index (χ3v) is 4.33. The fourth-order valence-corrected chi connectivity index (χ4v) is 3.46. The fraction of sp³-hybridized carbons (Fsp3) is 0.538. The zero-order valence-corrected chi connectivity index (χ0v) is 10.6. The number of hydrogen-bond donors (Lipinski definition) is 0. The highest BCUT2D eigenvalue weighted by Gasteiger charge is 2.60. The lowest BCUT2D eigenvalue weighted by Gasteiger charge is -2.18. The van der Waals surface area contributed by atoms with Gasteiger partial charge in [-0.1, -0.05) is 11.6 Å². The highest BCUT2D eigenvalue weighted by Crippen LogP contribution is 2.59. The Labute approximate surface area is 109 Å². The van der Waals surface area contributed by atoms with Crippen molar-refractivity contribution in [2.45, 2.75) is 18.0 Å². The van der Waals surface area contributed by atoms with Crippen LogP contribution < -0.4 is 0 Å². The summed E-state index contributed by atoms with van der Waals surface area (Å²) >= 11 is 5.84. The number of likely N-dealkylation sites (N-methyl/N-ethyl adjacent to an activating group) is 1. The molecule has 0 bridgehead atoms. The van der Waals surface area contributed by atoms with Crippen molar-refractivity contribution in [2.75, 3.05) is 20.1 Å². The number of rotatable bonds is 1. The molecule has 1 aliphatic carbocycles. The molecule has 2 fully saturated rings. The predicted octanol–water partition coefficient (Wildman–Crippen LogP) is 3.56. The average Bonchev–Trinajstić information content (AvgIpc) is 2.81. The minimum atomic E-state index is -4.33. The molecule has 18 heavy (non-hydrogen) atoms. The van der Waals surface area contributed by atoms with Gasteiger partial charge in [-0.05, 0) is 43.1 Å². The van der Waals surface area contributed by atoms with E-state index in [0.29, 0.717) is 5.92 Å². The molecule has 0 spiro atoms. The minimum absolute atomic E-state index is 0.0837. The van der Waals surface area contributed by atoms with Crippen LogP contribution in [-0.4, -0.2) is 25.0 Å². The Hall–Kier alpha value is -0.740. The summed E-state index contributed by atoms with van der Waals surface area (Å²) in [5.74, 6) is 0.488. The first-order valence-electron chi connectivity index (χ1n) is 5.88. The van der Waals surface area contributed by atoms with Gasteiger partial charge < -0.3 is 4.90 Å². The van der Waals surface area contributed by atoms with E-state index in [2.05, 4.69) is 4.90 Å². The van der Waals surface area contributed by atoms with Crippen LogP contribution in [0, 0.1) is 5.92 Å². The van der Waals surface area contributed by atoms with Crippen molar-refractivity contribution in [3.63, 3.8) is 0 Å². The van der Waals surface area contributed by atoms with Gasteiger partial charge in [-0.25, -0.2) is 0 Å². The molecule has 2 unspecified atom stereocenters. The lowest BCUT2D eigenvalue weighted by atomic mass is 9.93. The van der Waals surface area contributed by atoms with Crippen molar-refractivity contribution < 1.29 is 13.2 Å². The van der Waals surface area contributed by atoms with E-state index in [1.807, 2.05) is 7.05 Å². The summed E-state index contributed by atoms with van der Waals surface area (Å²) in [5, 5.41) is 0.175. The third kappa shape index (κ3) is 1.82. The maximum absolute atomic E-state index is 12.8. The van der Waals surface area contributed by atoms with Crippen LogP contribution >= 0.6 is 11.6 Å². The topological polar surface area (TPSA) is 3.24 Å². The van der Waals surface area contributed by atoms with Gasteiger partial charge >= 0.3 is 6.18 Å². The Morgan fingerprint density at radius 3 is 2.61 bits per heavy atom. The number of nitrogens with zero attached hydrogens (tertiary/aromatic N) is 1. The average molecular weight is 276 g/mol. The largest absolute Gasteiger partial charge is 0.416 e. The number of halogens is 4. The van der Waals surface area contributed by atoms with E-state index < -0.39 is 11.7 Å². The van der Waals surface area contributed by atoms with Crippen molar-refractivity contribution in [1.29, 1.82) is 0 Å². The monoisotopic (exact) mass is 275 g/mol. The summed E-state index contributed by atoms with van der Waals surface area (Å²) in [7, 11) is 2.00. The van der Waals surface area contributed by atoms with Crippen molar-refractivity contribution in [2.24, 2.45) is 5.92 Å². The molecule has 2 aliphatic rings. The van der Waals surface area contributed by atoms with Crippen LogP contribution in [0.5, 0.6) is 0 Å². The standard InChI is InChI=1S/C13H13ClF3N/c1-18-6-10-5-12(10,7-18)8-2-9(13(15,16)17)4-11(14)3-8/h2-4,10H,5-7H2,1H3. The molecule has 98 valence electrons. The first-order valence-corrected chi connectivity index (χ1v) is 6.26. The highest BCUT2D eigenvalue weighted by atomic mass is 35.5. The summed E-state index contributed by atoms with van der Waals surface area (Å²) < 4.78 is 38.3. The normalized spacial score (nSPS) is 31.5. The van der Waals surface area contributed by atoms with Gasteiger partial charge in [-0.15, -0.1) is 0 Å². The van der Waals surface area contributed by atoms with Gasteiger partial charge in [0.2, 0.25) is 0 Å². The number of hydrogen-bond acceptors (Lipinski definition) is 1. The minimum Gasteiger partial charge on any atom is -0.305 e. The zero-order chi connectivity index (χ0) is 13.1. The summed E-state index contributed by atoms with van der Waals surface area (Å²) in [6.07, 6.45) is -3.35. The summed E-state index contributed by atoms with van der Waals surface area (Å²) in [4.78, 5) is 2.17. The molecule has 3 rings (SSSR count). The van der Waals surface area contributed by atoms with Crippen LogP contribution in [0.15, 0.2) is 18.2 Å². The quantitative estimate of drug-likeness (QED) is 0.757. The number of alkyl halides is 3. The first kappa shape index (κ1) is 12.3. The Morgan fingerprint density at radius 1 is 1.33 bits per heavy atom. The van der Waals surface area contributed by atoms with Crippen molar-refractivity contribution in [1.82, 2.24) is 4.90 Å². The van der Waals surface area contributed by atoms with Crippen LogP contribution in [-0.2, 0) is 11.6 Å². The van der Waals surface area contributed by atoms with Gasteiger partial charge in [-0.2, -0.15) is 13.2 Å². The smallest absolute Gasteiger partial charge is 0.305 e. The molecule has 0 aromatic heterocycles. The van der Waals surface area contributed by atoms with Gasteiger partial charge in [0.15, 0.2) is 0 Å². The Balaban J connectivity index is 2.01. The van der Waals surface area contributed by atoms with Crippen molar-refractivity contribution in [3.8, 4) is 0 Å². The van der Waals surface area contributed by atoms with Gasteiger partial charge in [-0.3, -0.25) is 0 Å². The van der Waals surface area contributed by atoms with Crippen LogP contribution in [0.3, 0.4) is 0 Å². The van der Waals surface area contributed by atoms with E-state index in [4.69, 9.17) is 11.6 Å². The third-order valence-electron chi connectivity index (χ3n) is 4.12. The van der Waals surface area contributed by atoms with Gasteiger partial charge in [0.25, 0.3) is 0 Å². The molecule has 0 amide bonds. The second kappa shape index (κ2) is 3.64. The van der Waals surface area contributed by atoms with Gasteiger partial charge in [0.1, 0.15) is 0 Å². The van der Waals surface area contributed by atoms with E-state index >= 15 is 0 Å². The molecule has 2 atom stereocenters. The first-order chi connectivity index (χ1) is 8.31. The molecule has 1 aromatic rings. The second-order valence-electron chi connectivity index (χ2n) is 5.48. The van der Waals surface area contributed by atoms with Gasteiger partial charge in [0.05, 0.1) is 5.56 Å². The predicted molar refractivity (Wildman–Crippen MR) is 63.7 cm³/mol. The second-order valence-corrected chi connectivity index (χ2v) is 5.92. The lowest BCUT2D eigenvalue weighted by Crippen LogP contribution is -2.22. The van der Waals surface area contributed by atoms with Crippen LogP contribution in [0.1, 0.15) is 17.5 Å². The van der Waals surface area contributed by atoms with E-state index in [-0.39, 0.29) is 10.4 Å². The van der Waals surface area contributed by atoms with E-state index in [1.165, 1.54) is 6.07 Å². The van der Waals surface area contributed by atoms with E-state index in [9.17, 15) is 13.2 Å². The molecule has 1 saturated carbocycles. The number of fused-ring (bicyclic) bond motifs is 1. The van der Waals surface area contributed by atoms with Crippen molar-refractivity contribution in [3.05, 3.63) is 34.3 Å². The maximum Gasteiger partial charge on any atom is 0.416 e. The number of likely N-dealkylation sites (tertiary alicyclic amines) is 1. The van der Waals surface area contributed by atoms with Crippen LogP contribution in [0.4, 0.5) is 13.2 Å². The molecule has 1 aromatic carbocycles. The Morgan fingerprint density at radius 2 is 2.06 bits per heavy atom. The molecule has 1 saturated heterocycles. The molecule has 5 heteroatoms. The zero-order valence-electron chi connectivity index (χ0n) is 9.89. The SMILES string of the molecule is CN1CC2CC2(c2cc(Cl)cc(C(F)(F)F)c2)C1. The Bertz CT molecular complexity index is 499. The van der Waals surface area contributed by atoms with Gasteiger partial charge in [0, 0.05) is 23.5 Å². The maximum atomic E-state index is 12.8. The van der Waals surface area contributed by atoms with Crippen LogP contribution in [0.2, 0.25) is 5.02 Å². The molecule has 1 nitrogen and oxygen atoms in total. The summed E-state index contributed by atoms with van der Waals surface area (Å²) in [6, 6.07) is 3.96. The Kier molecular flexibility index (Phi) is 2.49.